The molecule has 2 unspecified atom stereocenters. The Bertz CT molecular complexity index is 573. The third-order valence-corrected chi connectivity index (χ3v) is 4.52. The van der Waals surface area contributed by atoms with Gasteiger partial charge in [0.2, 0.25) is 0 Å². The maximum absolute atomic E-state index is 10.9. The van der Waals surface area contributed by atoms with E-state index in [-0.39, 0.29) is 5.92 Å². The molecule has 2 atom stereocenters. The first-order valence-electron chi connectivity index (χ1n) is 7.23. The molecule has 0 heterocycles. The molecule has 0 aliphatic heterocycles. The largest absolute Gasteiger partial charge is 0.388 e. The molecule has 0 saturated heterocycles. The van der Waals surface area contributed by atoms with E-state index in [4.69, 9.17) is 0 Å². The number of hydrogen-bond donors (Lipinski definition) is 1. The van der Waals surface area contributed by atoms with Gasteiger partial charge in [-0.15, -0.1) is 0 Å². The molecule has 0 amide bonds. The molecular weight excluding hydrogens is 244 g/mol. The van der Waals surface area contributed by atoms with Crippen molar-refractivity contribution in [3.8, 4) is 0 Å². The van der Waals surface area contributed by atoms with Gasteiger partial charge in [-0.25, -0.2) is 0 Å². The summed E-state index contributed by atoms with van der Waals surface area (Å²) in [5, 5.41) is 10.9. The minimum atomic E-state index is -0.462. The van der Waals surface area contributed by atoms with Crippen LogP contribution < -0.4 is 0 Å². The summed E-state index contributed by atoms with van der Waals surface area (Å²) in [7, 11) is 0. The first-order chi connectivity index (χ1) is 9.43. The van der Waals surface area contributed by atoms with Crippen molar-refractivity contribution in [2.24, 2.45) is 0 Å². The van der Waals surface area contributed by atoms with Crippen LogP contribution in [0.5, 0.6) is 0 Å². The molecule has 0 radical (unpaired) electrons. The molecule has 20 heavy (non-hydrogen) atoms. The van der Waals surface area contributed by atoms with Gasteiger partial charge in [0.1, 0.15) is 0 Å². The number of aliphatic hydroxyl groups excluding tert-OH is 1. The van der Waals surface area contributed by atoms with Gasteiger partial charge in [-0.3, -0.25) is 0 Å². The minimum Gasteiger partial charge on any atom is -0.388 e. The van der Waals surface area contributed by atoms with Gasteiger partial charge >= 0.3 is 0 Å². The second-order valence-corrected chi connectivity index (χ2v) is 5.82. The zero-order chi connectivity index (χ0) is 14.9. The van der Waals surface area contributed by atoms with Crippen LogP contribution in [0.3, 0.4) is 0 Å². The topological polar surface area (TPSA) is 20.2 Å². The zero-order valence-electron chi connectivity index (χ0n) is 13.1. The van der Waals surface area contributed by atoms with Crippen LogP contribution in [0.15, 0.2) is 36.4 Å². The molecule has 1 heteroatoms. The third kappa shape index (κ3) is 2.64. The SMILES string of the molecule is Cc1cc(C)c(C)c(C(O)C(C)c2ccccc2)c1C. The lowest BCUT2D eigenvalue weighted by Gasteiger charge is -2.25. The van der Waals surface area contributed by atoms with E-state index < -0.39 is 6.10 Å². The van der Waals surface area contributed by atoms with E-state index in [2.05, 4.69) is 52.8 Å². The lowest BCUT2D eigenvalue weighted by molar-refractivity contribution is 0.150. The fourth-order valence-corrected chi connectivity index (χ4v) is 2.88. The van der Waals surface area contributed by atoms with Crippen LogP contribution >= 0.6 is 0 Å². The minimum absolute atomic E-state index is 0.0924. The third-order valence-electron chi connectivity index (χ3n) is 4.52. The van der Waals surface area contributed by atoms with Gasteiger partial charge < -0.3 is 5.11 Å². The van der Waals surface area contributed by atoms with Gasteiger partial charge in [0, 0.05) is 5.92 Å². The van der Waals surface area contributed by atoms with Crippen LogP contribution in [0.2, 0.25) is 0 Å². The smallest absolute Gasteiger partial charge is 0.0861 e. The number of aliphatic hydroxyl groups is 1. The molecule has 2 aromatic rings. The molecule has 1 N–H and O–H groups in total. The first-order valence-corrected chi connectivity index (χ1v) is 7.23. The van der Waals surface area contributed by atoms with E-state index in [0.717, 1.165) is 5.56 Å². The van der Waals surface area contributed by atoms with E-state index >= 15 is 0 Å². The maximum Gasteiger partial charge on any atom is 0.0861 e. The number of benzene rings is 2. The van der Waals surface area contributed by atoms with Crippen molar-refractivity contribution in [1.29, 1.82) is 0 Å². The van der Waals surface area contributed by atoms with Gasteiger partial charge in [0.25, 0.3) is 0 Å². The summed E-state index contributed by atoms with van der Waals surface area (Å²) in [4.78, 5) is 0. The molecule has 0 fully saturated rings. The molecular formula is C19H24O. The average molecular weight is 268 g/mol. The van der Waals surface area contributed by atoms with E-state index in [1.165, 1.54) is 27.8 Å². The normalized spacial score (nSPS) is 14.1. The summed E-state index contributed by atoms with van der Waals surface area (Å²) in [5.41, 5.74) is 7.20. The van der Waals surface area contributed by atoms with Crippen molar-refractivity contribution in [2.45, 2.75) is 46.6 Å². The molecule has 0 aliphatic rings. The van der Waals surface area contributed by atoms with E-state index in [1.807, 2.05) is 18.2 Å². The van der Waals surface area contributed by atoms with Crippen molar-refractivity contribution < 1.29 is 5.11 Å². The van der Waals surface area contributed by atoms with Crippen LogP contribution in [-0.4, -0.2) is 5.11 Å². The van der Waals surface area contributed by atoms with Crippen molar-refractivity contribution >= 4 is 0 Å². The highest BCUT2D eigenvalue weighted by Crippen LogP contribution is 2.36. The highest BCUT2D eigenvalue weighted by atomic mass is 16.3. The second kappa shape index (κ2) is 5.80. The predicted octanol–water partition coefficient (Wildman–Crippen LogP) is 4.76. The van der Waals surface area contributed by atoms with Crippen LogP contribution in [0, 0.1) is 27.7 Å². The van der Waals surface area contributed by atoms with Crippen molar-refractivity contribution in [1.82, 2.24) is 0 Å². The number of hydrogen-bond acceptors (Lipinski definition) is 1. The molecule has 0 aliphatic carbocycles. The second-order valence-electron chi connectivity index (χ2n) is 5.82. The van der Waals surface area contributed by atoms with Crippen LogP contribution in [-0.2, 0) is 0 Å². The van der Waals surface area contributed by atoms with Crippen LogP contribution in [0.25, 0.3) is 0 Å². The van der Waals surface area contributed by atoms with E-state index in [1.54, 1.807) is 0 Å². The fraction of sp³-hybridized carbons (Fsp3) is 0.368. The zero-order valence-corrected chi connectivity index (χ0v) is 13.1. The molecule has 0 bridgehead atoms. The van der Waals surface area contributed by atoms with Crippen molar-refractivity contribution in [3.63, 3.8) is 0 Å². The van der Waals surface area contributed by atoms with E-state index in [9.17, 15) is 5.11 Å². The summed E-state index contributed by atoms with van der Waals surface area (Å²) < 4.78 is 0. The van der Waals surface area contributed by atoms with Gasteiger partial charge in [-0.2, -0.15) is 0 Å². The molecule has 0 saturated carbocycles. The van der Waals surface area contributed by atoms with Gasteiger partial charge in [0.15, 0.2) is 0 Å². The Labute approximate surface area is 122 Å². The highest BCUT2D eigenvalue weighted by Gasteiger charge is 2.23. The van der Waals surface area contributed by atoms with Crippen molar-refractivity contribution in [3.05, 3.63) is 69.8 Å². The standard InChI is InChI=1S/C19H24O/c1-12-11-13(2)15(4)18(14(12)3)19(20)16(5)17-9-7-6-8-10-17/h6-11,16,19-20H,1-5H3. The molecule has 2 rings (SSSR count). The Kier molecular flexibility index (Phi) is 4.29. The maximum atomic E-state index is 10.9. The quantitative estimate of drug-likeness (QED) is 0.851. The predicted molar refractivity (Wildman–Crippen MR) is 85.2 cm³/mol. The molecule has 0 spiro atoms. The summed E-state index contributed by atoms with van der Waals surface area (Å²) in [5.74, 6) is 0.0924. The van der Waals surface area contributed by atoms with Gasteiger partial charge in [-0.05, 0) is 61.1 Å². The molecule has 2 aromatic carbocycles. The fourth-order valence-electron chi connectivity index (χ4n) is 2.88. The van der Waals surface area contributed by atoms with Crippen LogP contribution in [0.1, 0.15) is 52.3 Å². The highest BCUT2D eigenvalue weighted by molar-refractivity contribution is 5.46. The summed E-state index contributed by atoms with van der Waals surface area (Å²) >= 11 is 0. The Morgan fingerprint density at radius 2 is 1.35 bits per heavy atom. The summed E-state index contributed by atoms with van der Waals surface area (Å²) in [6, 6.07) is 12.4. The molecule has 0 aromatic heterocycles. The van der Waals surface area contributed by atoms with Gasteiger partial charge in [-0.1, -0.05) is 43.3 Å². The molecule has 1 nitrogen and oxygen atoms in total. The Morgan fingerprint density at radius 3 is 1.85 bits per heavy atom. The van der Waals surface area contributed by atoms with Crippen molar-refractivity contribution in [2.75, 3.05) is 0 Å². The summed E-state index contributed by atoms with van der Waals surface area (Å²) in [6.07, 6.45) is -0.462. The monoisotopic (exact) mass is 268 g/mol. The lowest BCUT2D eigenvalue weighted by Crippen LogP contribution is -2.12. The lowest BCUT2D eigenvalue weighted by atomic mass is 9.84. The number of rotatable bonds is 3. The molecule has 106 valence electrons. The average Bonchev–Trinajstić information content (AvgIpc) is 2.45. The summed E-state index contributed by atoms with van der Waals surface area (Å²) in [6.45, 7) is 10.5. The van der Waals surface area contributed by atoms with E-state index in [0.29, 0.717) is 0 Å². The Hall–Kier alpha value is -1.60. The Balaban J connectivity index is 2.46. The Morgan fingerprint density at radius 1 is 0.850 bits per heavy atom. The number of aryl methyl sites for hydroxylation is 2. The van der Waals surface area contributed by atoms with Crippen LogP contribution in [0.4, 0.5) is 0 Å². The van der Waals surface area contributed by atoms with Gasteiger partial charge in [0.05, 0.1) is 6.10 Å². The first kappa shape index (κ1) is 14.8.